The Morgan fingerprint density at radius 2 is 1.91 bits per heavy atom. The zero-order chi connectivity index (χ0) is 16.4. The van der Waals surface area contributed by atoms with E-state index in [9.17, 15) is 0 Å². The van der Waals surface area contributed by atoms with Gasteiger partial charge in [0, 0.05) is 17.8 Å². The molecule has 0 bridgehead atoms. The smallest absolute Gasteiger partial charge is 0.315 e. The van der Waals surface area contributed by atoms with Gasteiger partial charge in [0.05, 0.1) is 11.7 Å². The first-order valence-electron chi connectivity index (χ1n) is 7.64. The molecule has 120 valence electrons. The molecule has 2 heterocycles. The van der Waals surface area contributed by atoms with Crippen LogP contribution in [0.5, 0.6) is 0 Å². The highest BCUT2D eigenvalue weighted by Crippen LogP contribution is 2.26. The van der Waals surface area contributed by atoms with Crippen molar-refractivity contribution in [3.05, 3.63) is 54.2 Å². The van der Waals surface area contributed by atoms with Crippen molar-refractivity contribution in [1.82, 2.24) is 20.0 Å². The van der Waals surface area contributed by atoms with Gasteiger partial charge >= 0.3 is 6.01 Å². The van der Waals surface area contributed by atoms with Crippen LogP contribution in [0, 0.1) is 0 Å². The first kappa shape index (κ1) is 15.3. The van der Waals surface area contributed by atoms with Gasteiger partial charge in [0.15, 0.2) is 0 Å². The van der Waals surface area contributed by atoms with E-state index in [1.807, 2.05) is 55.9 Å². The van der Waals surface area contributed by atoms with Gasteiger partial charge in [-0.15, -0.1) is 5.10 Å². The Morgan fingerprint density at radius 3 is 2.57 bits per heavy atom. The van der Waals surface area contributed by atoms with Crippen LogP contribution in [-0.2, 0) is 5.41 Å². The second-order valence-electron chi connectivity index (χ2n) is 6.54. The Balaban J connectivity index is 1.84. The molecule has 3 aromatic rings. The first-order chi connectivity index (χ1) is 10.9. The van der Waals surface area contributed by atoms with Crippen LogP contribution in [-0.4, -0.2) is 20.0 Å². The molecular weight excluding hydrogens is 290 g/mol. The summed E-state index contributed by atoms with van der Waals surface area (Å²) in [7, 11) is 0. The highest BCUT2D eigenvalue weighted by atomic mass is 16.4. The second kappa shape index (κ2) is 5.87. The molecule has 1 atom stereocenters. The van der Waals surface area contributed by atoms with Crippen LogP contribution < -0.4 is 5.32 Å². The van der Waals surface area contributed by atoms with Crippen LogP contribution in [0.4, 0.5) is 6.01 Å². The van der Waals surface area contributed by atoms with Crippen LogP contribution in [0.3, 0.4) is 0 Å². The molecule has 6 nitrogen and oxygen atoms in total. The molecule has 0 spiro atoms. The fourth-order valence-corrected chi connectivity index (χ4v) is 2.32. The molecule has 0 aliphatic heterocycles. The minimum atomic E-state index is -0.164. The predicted molar refractivity (Wildman–Crippen MR) is 88.6 cm³/mol. The van der Waals surface area contributed by atoms with E-state index in [2.05, 4.69) is 33.6 Å². The monoisotopic (exact) mass is 311 g/mol. The Hall–Kier alpha value is -2.63. The van der Waals surface area contributed by atoms with Crippen LogP contribution >= 0.6 is 0 Å². The Morgan fingerprint density at radius 1 is 1.13 bits per heavy atom. The minimum absolute atomic E-state index is 0.00340. The summed E-state index contributed by atoms with van der Waals surface area (Å²) in [5, 5.41) is 15.8. The van der Waals surface area contributed by atoms with Crippen LogP contribution in [0.2, 0.25) is 0 Å². The number of rotatable bonds is 4. The SMILES string of the molecule is C[C@H](Nc1nnc(C(C)(C)C)o1)c1ccccc1-n1cccn1. The number of hydrogen-bond donors (Lipinski definition) is 1. The van der Waals surface area contributed by atoms with Crippen LogP contribution in [0.25, 0.3) is 5.69 Å². The van der Waals surface area contributed by atoms with Gasteiger partial charge < -0.3 is 9.73 Å². The first-order valence-corrected chi connectivity index (χ1v) is 7.64. The lowest BCUT2D eigenvalue weighted by Crippen LogP contribution is -2.12. The number of nitrogens with one attached hydrogen (secondary N) is 1. The quantitative estimate of drug-likeness (QED) is 0.795. The molecule has 3 rings (SSSR count). The van der Waals surface area contributed by atoms with E-state index < -0.39 is 0 Å². The van der Waals surface area contributed by atoms with E-state index in [4.69, 9.17) is 4.42 Å². The molecule has 1 aromatic carbocycles. The van der Waals surface area contributed by atoms with Gasteiger partial charge in [-0.2, -0.15) is 5.10 Å². The van der Waals surface area contributed by atoms with E-state index in [1.54, 1.807) is 6.20 Å². The summed E-state index contributed by atoms with van der Waals surface area (Å²) < 4.78 is 7.56. The summed E-state index contributed by atoms with van der Waals surface area (Å²) in [6, 6.07) is 10.4. The standard InChI is InChI=1S/C17H21N5O/c1-12(19-16-21-20-15(23-16)17(2,3)4)13-8-5-6-9-14(13)22-11-7-10-18-22/h5-12H,1-4H3,(H,19,21)/t12-/m0/s1. The van der Waals surface area contributed by atoms with E-state index >= 15 is 0 Å². The van der Waals surface area contributed by atoms with Gasteiger partial charge in [-0.05, 0) is 24.6 Å². The van der Waals surface area contributed by atoms with Gasteiger partial charge in [-0.1, -0.05) is 44.1 Å². The van der Waals surface area contributed by atoms with Crippen molar-refractivity contribution in [3.8, 4) is 5.69 Å². The third-order valence-corrected chi connectivity index (χ3v) is 3.56. The topological polar surface area (TPSA) is 68.8 Å². The Bertz CT molecular complexity index is 770. The third kappa shape index (κ3) is 3.26. The van der Waals surface area contributed by atoms with Gasteiger partial charge in [-0.3, -0.25) is 0 Å². The molecule has 0 saturated heterocycles. The number of benzene rings is 1. The molecule has 0 unspecified atom stereocenters. The summed E-state index contributed by atoms with van der Waals surface area (Å²) in [6.45, 7) is 8.19. The molecule has 0 amide bonds. The molecule has 0 aliphatic rings. The summed E-state index contributed by atoms with van der Waals surface area (Å²) in [5.41, 5.74) is 1.96. The van der Waals surface area contributed by atoms with Gasteiger partial charge in [0.1, 0.15) is 0 Å². The molecule has 0 saturated carbocycles. The van der Waals surface area contributed by atoms with E-state index in [0.717, 1.165) is 11.3 Å². The van der Waals surface area contributed by atoms with E-state index in [0.29, 0.717) is 11.9 Å². The van der Waals surface area contributed by atoms with Crippen molar-refractivity contribution >= 4 is 6.01 Å². The lowest BCUT2D eigenvalue weighted by Gasteiger charge is -2.17. The fraction of sp³-hybridized carbons (Fsp3) is 0.353. The molecule has 6 heteroatoms. The van der Waals surface area contributed by atoms with Crippen LogP contribution in [0.1, 0.15) is 45.2 Å². The average molecular weight is 311 g/mol. The summed E-state index contributed by atoms with van der Waals surface area (Å²) in [6.07, 6.45) is 3.69. The lowest BCUT2D eigenvalue weighted by molar-refractivity contribution is 0.398. The van der Waals surface area contributed by atoms with Crippen molar-refractivity contribution in [2.45, 2.75) is 39.2 Å². The summed E-state index contributed by atoms with van der Waals surface area (Å²) in [4.78, 5) is 0. The largest absolute Gasteiger partial charge is 0.408 e. The number of para-hydroxylation sites is 1. The highest BCUT2D eigenvalue weighted by Gasteiger charge is 2.22. The zero-order valence-electron chi connectivity index (χ0n) is 13.8. The van der Waals surface area contributed by atoms with Crippen molar-refractivity contribution in [3.63, 3.8) is 0 Å². The molecule has 2 aromatic heterocycles. The minimum Gasteiger partial charge on any atom is -0.408 e. The van der Waals surface area contributed by atoms with Crippen molar-refractivity contribution in [2.75, 3.05) is 5.32 Å². The van der Waals surface area contributed by atoms with E-state index in [1.165, 1.54) is 0 Å². The van der Waals surface area contributed by atoms with Crippen molar-refractivity contribution < 1.29 is 4.42 Å². The molecule has 0 radical (unpaired) electrons. The Kier molecular flexibility index (Phi) is 3.90. The molecular formula is C17H21N5O. The molecule has 0 aliphatic carbocycles. The zero-order valence-corrected chi connectivity index (χ0v) is 13.8. The molecule has 0 fully saturated rings. The maximum absolute atomic E-state index is 5.72. The van der Waals surface area contributed by atoms with Crippen molar-refractivity contribution in [1.29, 1.82) is 0 Å². The second-order valence-corrected chi connectivity index (χ2v) is 6.54. The summed E-state index contributed by atoms with van der Waals surface area (Å²) >= 11 is 0. The fourth-order valence-electron chi connectivity index (χ4n) is 2.32. The van der Waals surface area contributed by atoms with Gasteiger partial charge in [0.2, 0.25) is 5.89 Å². The van der Waals surface area contributed by atoms with Crippen LogP contribution in [0.15, 0.2) is 47.1 Å². The average Bonchev–Trinajstić information content (AvgIpc) is 3.18. The lowest BCUT2D eigenvalue weighted by atomic mass is 9.97. The normalized spacial score (nSPS) is 13.0. The maximum Gasteiger partial charge on any atom is 0.315 e. The third-order valence-electron chi connectivity index (χ3n) is 3.56. The highest BCUT2D eigenvalue weighted by molar-refractivity contribution is 5.44. The molecule has 23 heavy (non-hydrogen) atoms. The number of nitrogens with zero attached hydrogens (tertiary/aromatic N) is 4. The number of anilines is 1. The summed E-state index contributed by atoms with van der Waals surface area (Å²) in [5.74, 6) is 0.618. The molecule has 1 N–H and O–H groups in total. The Labute approximate surface area is 135 Å². The predicted octanol–water partition coefficient (Wildman–Crippen LogP) is 3.73. The van der Waals surface area contributed by atoms with Crippen molar-refractivity contribution in [2.24, 2.45) is 0 Å². The maximum atomic E-state index is 5.72. The van der Waals surface area contributed by atoms with Gasteiger partial charge in [0.25, 0.3) is 0 Å². The van der Waals surface area contributed by atoms with E-state index in [-0.39, 0.29) is 11.5 Å². The van der Waals surface area contributed by atoms with Gasteiger partial charge in [-0.25, -0.2) is 4.68 Å². The number of hydrogen-bond acceptors (Lipinski definition) is 5. The number of aromatic nitrogens is 4.